The van der Waals surface area contributed by atoms with Crippen LogP contribution in [0.4, 0.5) is 0 Å². The van der Waals surface area contributed by atoms with E-state index in [2.05, 4.69) is 19.3 Å². The van der Waals surface area contributed by atoms with E-state index in [1.54, 1.807) is 0 Å². The van der Waals surface area contributed by atoms with E-state index in [1.807, 2.05) is 6.26 Å². The summed E-state index contributed by atoms with van der Waals surface area (Å²) in [4.78, 5) is 0. The zero-order valence-electron chi connectivity index (χ0n) is 9.25. The number of hydrogen-bond acceptors (Lipinski definition) is 3. The van der Waals surface area contributed by atoms with E-state index in [1.165, 1.54) is 18.4 Å². The fourth-order valence-electron chi connectivity index (χ4n) is 2.07. The minimum Gasteiger partial charge on any atom is -0.501 e. The third-order valence-electron chi connectivity index (χ3n) is 2.85. The molecule has 82 valence electrons. The number of nitrogens with two attached hydrogens (primary N) is 1. The van der Waals surface area contributed by atoms with Crippen molar-refractivity contribution in [3.05, 3.63) is 11.8 Å². The summed E-state index contributed by atoms with van der Waals surface area (Å²) in [6.45, 7) is 5.29. The second kappa shape index (κ2) is 6.04. The quantitative estimate of drug-likeness (QED) is 0.524. The standard InChI is InChI=1S/C11H22N2O/c1-3-5-9(2)11(13-12)10-6-4-7-14-8-10/h8-9,11,13H,3-7,12H2,1-2H3. The molecule has 0 aliphatic carbocycles. The number of hydrazine groups is 1. The molecule has 0 aromatic rings. The monoisotopic (exact) mass is 198 g/mol. The fourth-order valence-corrected chi connectivity index (χ4v) is 2.07. The van der Waals surface area contributed by atoms with Gasteiger partial charge in [0.1, 0.15) is 0 Å². The molecule has 0 radical (unpaired) electrons. The van der Waals surface area contributed by atoms with Gasteiger partial charge >= 0.3 is 0 Å². The van der Waals surface area contributed by atoms with Crippen molar-refractivity contribution in [3.8, 4) is 0 Å². The van der Waals surface area contributed by atoms with Gasteiger partial charge in [0.15, 0.2) is 0 Å². The Balaban J connectivity index is 2.55. The predicted molar refractivity (Wildman–Crippen MR) is 58.5 cm³/mol. The molecule has 2 atom stereocenters. The Kier molecular flexibility index (Phi) is 4.98. The molecular weight excluding hydrogens is 176 g/mol. The highest BCUT2D eigenvalue weighted by molar-refractivity contribution is 5.10. The number of hydrogen-bond donors (Lipinski definition) is 2. The lowest BCUT2D eigenvalue weighted by atomic mass is 9.89. The van der Waals surface area contributed by atoms with Crippen LogP contribution in [0, 0.1) is 5.92 Å². The summed E-state index contributed by atoms with van der Waals surface area (Å²) >= 11 is 0. The van der Waals surface area contributed by atoms with Gasteiger partial charge in [-0.2, -0.15) is 0 Å². The molecule has 3 N–H and O–H groups in total. The van der Waals surface area contributed by atoms with Crippen LogP contribution in [0.2, 0.25) is 0 Å². The molecule has 0 saturated heterocycles. The molecule has 1 aliphatic heterocycles. The summed E-state index contributed by atoms with van der Waals surface area (Å²) in [6.07, 6.45) is 6.52. The third-order valence-corrected chi connectivity index (χ3v) is 2.85. The van der Waals surface area contributed by atoms with Gasteiger partial charge in [0.2, 0.25) is 0 Å². The SMILES string of the molecule is CCCC(C)C(NN)C1=COCCC1. The summed E-state index contributed by atoms with van der Waals surface area (Å²) in [5.41, 5.74) is 4.23. The minimum absolute atomic E-state index is 0.287. The van der Waals surface area contributed by atoms with Crippen LogP contribution in [-0.4, -0.2) is 12.6 Å². The Bertz CT molecular complexity index is 192. The number of nitrogens with one attached hydrogen (secondary N) is 1. The fraction of sp³-hybridized carbons (Fsp3) is 0.818. The summed E-state index contributed by atoms with van der Waals surface area (Å²) in [6, 6.07) is 0.287. The highest BCUT2D eigenvalue weighted by Gasteiger charge is 2.21. The summed E-state index contributed by atoms with van der Waals surface area (Å²) in [7, 11) is 0. The Labute approximate surface area is 86.7 Å². The molecule has 0 fully saturated rings. The van der Waals surface area contributed by atoms with Crippen LogP contribution in [0.1, 0.15) is 39.5 Å². The van der Waals surface area contributed by atoms with Crippen molar-refractivity contribution in [2.75, 3.05) is 6.61 Å². The maximum absolute atomic E-state index is 5.59. The van der Waals surface area contributed by atoms with E-state index in [9.17, 15) is 0 Å². The molecule has 2 unspecified atom stereocenters. The number of rotatable bonds is 5. The highest BCUT2D eigenvalue weighted by atomic mass is 16.5. The molecule has 0 aromatic heterocycles. The summed E-state index contributed by atoms with van der Waals surface area (Å²) in [5, 5.41) is 0. The Hall–Kier alpha value is -0.540. The third kappa shape index (κ3) is 3.00. The normalized spacial score (nSPS) is 20.9. The van der Waals surface area contributed by atoms with Crippen LogP contribution in [0.3, 0.4) is 0 Å². The van der Waals surface area contributed by atoms with Gasteiger partial charge < -0.3 is 4.74 Å². The van der Waals surface area contributed by atoms with E-state index < -0.39 is 0 Å². The first-order chi connectivity index (χ1) is 6.79. The van der Waals surface area contributed by atoms with E-state index in [-0.39, 0.29) is 6.04 Å². The van der Waals surface area contributed by atoms with Crippen LogP contribution in [0.15, 0.2) is 11.8 Å². The van der Waals surface area contributed by atoms with Crippen molar-refractivity contribution in [1.29, 1.82) is 0 Å². The molecule has 0 spiro atoms. The van der Waals surface area contributed by atoms with E-state index in [0.717, 1.165) is 19.4 Å². The molecule has 0 saturated carbocycles. The molecule has 1 aliphatic rings. The minimum atomic E-state index is 0.287. The van der Waals surface area contributed by atoms with Crippen molar-refractivity contribution >= 4 is 0 Å². The first-order valence-electron chi connectivity index (χ1n) is 5.56. The first-order valence-corrected chi connectivity index (χ1v) is 5.56. The average molecular weight is 198 g/mol. The first kappa shape index (κ1) is 11.5. The Morgan fingerprint density at radius 2 is 2.43 bits per heavy atom. The zero-order valence-corrected chi connectivity index (χ0v) is 9.25. The van der Waals surface area contributed by atoms with Gasteiger partial charge in [0.25, 0.3) is 0 Å². The summed E-state index contributed by atoms with van der Waals surface area (Å²) < 4.78 is 5.34. The molecule has 3 heteroatoms. The number of ether oxygens (including phenoxy) is 1. The Morgan fingerprint density at radius 1 is 1.64 bits per heavy atom. The van der Waals surface area contributed by atoms with Crippen LogP contribution in [-0.2, 0) is 4.74 Å². The van der Waals surface area contributed by atoms with Gasteiger partial charge in [0, 0.05) is 6.04 Å². The molecule has 1 rings (SSSR count). The largest absolute Gasteiger partial charge is 0.501 e. The maximum atomic E-state index is 5.59. The second-order valence-corrected chi connectivity index (χ2v) is 4.08. The van der Waals surface area contributed by atoms with Crippen molar-refractivity contribution < 1.29 is 4.74 Å². The van der Waals surface area contributed by atoms with Crippen molar-refractivity contribution in [1.82, 2.24) is 5.43 Å². The Morgan fingerprint density at radius 3 is 2.93 bits per heavy atom. The lowest BCUT2D eigenvalue weighted by molar-refractivity contribution is 0.214. The molecule has 1 heterocycles. The topological polar surface area (TPSA) is 47.3 Å². The lowest BCUT2D eigenvalue weighted by Gasteiger charge is -2.27. The zero-order chi connectivity index (χ0) is 10.4. The van der Waals surface area contributed by atoms with Crippen LogP contribution in [0.25, 0.3) is 0 Å². The summed E-state index contributed by atoms with van der Waals surface area (Å²) in [5.74, 6) is 6.17. The average Bonchev–Trinajstić information content (AvgIpc) is 2.21. The van der Waals surface area contributed by atoms with E-state index >= 15 is 0 Å². The van der Waals surface area contributed by atoms with Crippen LogP contribution < -0.4 is 11.3 Å². The molecule has 0 amide bonds. The van der Waals surface area contributed by atoms with Gasteiger partial charge in [-0.3, -0.25) is 11.3 Å². The molecular formula is C11H22N2O. The van der Waals surface area contributed by atoms with Gasteiger partial charge in [-0.15, -0.1) is 0 Å². The van der Waals surface area contributed by atoms with E-state index in [0.29, 0.717) is 5.92 Å². The highest BCUT2D eigenvalue weighted by Crippen LogP contribution is 2.22. The molecule has 3 nitrogen and oxygen atoms in total. The molecule has 0 bridgehead atoms. The van der Waals surface area contributed by atoms with Crippen LogP contribution in [0.5, 0.6) is 0 Å². The van der Waals surface area contributed by atoms with E-state index in [4.69, 9.17) is 10.6 Å². The van der Waals surface area contributed by atoms with Crippen molar-refractivity contribution in [3.63, 3.8) is 0 Å². The maximum Gasteiger partial charge on any atom is 0.0876 e. The second-order valence-electron chi connectivity index (χ2n) is 4.08. The predicted octanol–water partition coefficient (Wildman–Crippen LogP) is 1.95. The molecule has 14 heavy (non-hydrogen) atoms. The van der Waals surface area contributed by atoms with Crippen LogP contribution >= 0.6 is 0 Å². The molecule has 0 aromatic carbocycles. The van der Waals surface area contributed by atoms with Crippen molar-refractivity contribution in [2.45, 2.75) is 45.6 Å². The smallest absolute Gasteiger partial charge is 0.0876 e. The van der Waals surface area contributed by atoms with Gasteiger partial charge in [-0.25, -0.2) is 0 Å². The van der Waals surface area contributed by atoms with Gasteiger partial charge in [0.05, 0.1) is 12.9 Å². The van der Waals surface area contributed by atoms with Gasteiger partial charge in [-0.05, 0) is 30.8 Å². The van der Waals surface area contributed by atoms with Gasteiger partial charge in [-0.1, -0.05) is 20.3 Å². The van der Waals surface area contributed by atoms with Crippen molar-refractivity contribution in [2.24, 2.45) is 11.8 Å². The lowest BCUT2D eigenvalue weighted by Crippen LogP contribution is -2.42.